The van der Waals surface area contributed by atoms with Gasteiger partial charge in [-0.1, -0.05) is 6.07 Å². The molecule has 1 N–H and O–H groups in total. The van der Waals surface area contributed by atoms with Crippen LogP contribution in [0.1, 0.15) is 12.1 Å². The maximum atomic E-state index is 12.3. The van der Waals surface area contributed by atoms with Gasteiger partial charge in [0.1, 0.15) is 5.01 Å². The third-order valence-corrected chi connectivity index (χ3v) is 4.37. The van der Waals surface area contributed by atoms with Gasteiger partial charge in [-0.05, 0) is 25.1 Å². The second kappa shape index (κ2) is 6.78. The Morgan fingerprint density at radius 2 is 2.29 bits per heavy atom. The molecule has 1 fully saturated rings. The summed E-state index contributed by atoms with van der Waals surface area (Å²) < 4.78 is 0. The molecule has 6 heteroatoms. The van der Waals surface area contributed by atoms with Gasteiger partial charge in [-0.3, -0.25) is 9.78 Å². The number of rotatable bonds is 3. The molecule has 2 aromatic rings. The minimum Gasteiger partial charge on any atom is -0.341 e. The van der Waals surface area contributed by atoms with Gasteiger partial charge < -0.3 is 10.2 Å². The van der Waals surface area contributed by atoms with Gasteiger partial charge in [-0.15, -0.1) is 11.3 Å². The van der Waals surface area contributed by atoms with Crippen LogP contribution in [0.3, 0.4) is 0 Å². The fourth-order valence-corrected chi connectivity index (χ4v) is 3.15. The molecule has 0 atom stereocenters. The van der Waals surface area contributed by atoms with Crippen molar-refractivity contribution in [2.24, 2.45) is 0 Å². The predicted molar refractivity (Wildman–Crippen MR) is 83.1 cm³/mol. The summed E-state index contributed by atoms with van der Waals surface area (Å²) >= 11 is 1.54. The molecule has 0 unspecified atom stereocenters. The van der Waals surface area contributed by atoms with E-state index < -0.39 is 0 Å². The van der Waals surface area contributed by atoms with E-state index in [9.17, 15) is 4.79 Å². The molecular weight excluding hydrogens is 284 g/mol. The molecule has 110 valence electrons. The number of pyridine rings is 1. The molecular formula is C15H18N4OS. The molecule has 1 amide bonds. The first kappa shape index (κ1) is 14.2. The zero-order chi connectivity index (χ0) is 14.5. The van der Waals surface area contributed by atoms with Crippen molar-refractivity contribution in [2.45, 2.75) is 12.8 Å². The average molecular weight is 302 g/mol. The molecule has 3 heterocycles. The molecule has 21 heavy (non-hydrogen) atoms. The average Bonchev–Trinajstić information content (AvgIpc) is 2.81. The van der Waals surface area contributed by atoms with Crippen LogP contribution in [0, 0.1) is 0 Å². The Balaban J connectivity index is 1.65. The van der Waals surface area contributed by atoms with Crippen molar-refractivity contribution >= 4 is 17.2 Å². The van der Waals surface area contributed by atoms with Gasteiger partial charge in [0.15, 0.2) is 0 Å². The lowest BCUT2D eigenvalue weighted by atomic mass is 10.3. The Bertz CT molecular complexity index is 591. The van der Waals surface area contributed by atoms with Crippen molar-refractivity contribution in [3.63, 3.8) is 0 Å². The molecule has 0 spiro atoms. The highest BCUT2D eigenvalue weighted by Crippen LogP contribution is 2.21. The van der Waals surface area contributed by atoms with Gasteiger partial charge in [0.25, 0.3) is 0 Å². The van der Waals surface area contributed by atoms with E-state index in [0.717, 1.165) is 49.0 Å². The van der Waals surface area contributed by atoms with Gasteiger partial charge in [0.2, 0.25) is 5.91 Å². The highest BCUT2D eigenvalue weighted by atomic mass is 32.1. The summed E-state index contributed by atoms with van der Waals surface area (Å²) in [6.45, 7) is 3.49. The van der Waals surface area contributed by atoms with Crippen molar-refractivity contribution in [1.82, 2.24) is 20.2 Å². The summed E-state index contributed by atoms with van der Waals surface area (Å²) in [5.41, 5.74) is 1.70. The number of carbonyl (C=O) groups excluding carboxylic acids is 1. The maximum Gasteiger partial charge on any atom is 0.228 e. The van der Waals surface area contributed by atoms with Crippen LogP contribution in [0.15, 0.2) is 29.8 Å². The number of hydrogen-bond acceptors (Lipinski definition) is 5. The highest BCUT2D eigenvalue weighted by molar-refractivity contribution is 7.13. The number of nitrogens with zero attached hydrogens (tertiary/aromatic N) is 3. The molecule has 0 aromatic carbocycles. The zero-order valence-corrected chi connectivity index (χ0v) is 12.6. The minimum atomic E-state index is 0.163. The highest BCUT2D eigenvalue weighted by Gasteiger charge is 2.17. The van der Waals surface area contributed by atoms with E-state index in [1.54, 1.807) is 6.20 Å². The second-order valence-corrected chi connectivity index (χ2v) is 5.88. The molecule has 5 nitrogen and oxygen atoms in total. The first-order chi connectivity index (χ1) is 10.3. The number of thiazole rings is 1. The summed E-state index contributed by atoms with van der Waals surface area (Å²) in [7, 11) is 0. The van der Waals surface area contributed by atoms with E-state index >= 15 is 0 Å². The topological polar surface area (TPSA) is 58.1 Å². The minimum absolute atomic E-state index is 0.163. The molecule has 0 bridgehead atoms. The summed E-state index contributed by atoms with van der Waals surface area (Å²) in [6.07, 6.45) is 3.15. The largest absolute Gasteiger partial charge is 0.341 e. The van der Waals surface area contributed by atoms with Gasteiger partial charge in [0.05, 0.1) is 17.8 Å². The molecule has 0 radical (unpaired) electrons. The standard InChI is InChI=1S/C15H18N4OS/c20-14(19-8-3-5-16-7-9-19)10-12-11-21-15(18-12)13-4-1-2-6-17-13/h1-2,4,6,11,16H,3,5,7-10H2. The first-order valence-electron chi connectivity index (χ1n) is 7.17. The van der Waals surface area contributed by atoms with Gasteiger partial charge in [-0.2, -0.15) is 0 Å². The third kappa shape index (κ3) is 3.65. The van der Waals surface area contributed by atoms with E-state index in [0.29, 0.717) is 6.42 Å². The summed E-state index contributed by atoms with van der Waals surface area (Å²) in [5, 5.41) is 6.13. The van der Waals surface area contributed by atoms with Crippen molar-refractivity contribution < 1.29 is 4.79 Å². The van der Waals surface area contributed by atoms with Crippen LogP contribution < -0.4 is 5.32 Å². The monoisotopic (exact) mass is 302 g/mol. The normalized spacial score (nSPS) is 15.7. The van der Waals surface area contributed by atoms with Crippen LogP contribution in [-0.2, 0) is 11.2 Å². The van der Waals surface area contributed by atoms with Crippen LogP contribution in [0.4, 0.5) is 0 Å². The lowest BCUT2D eigenvalue weighted by Gasteiger charge is -2.19. The lowest BCUT2D eigenvalue weighted by molar-refractivity contribution is -0.130. The van der Waals surface area contributed by atoms with E-state index in [-0.39, 0.29) is 5.91 Å². The van der Waals surface area contributed by atoms with Crippen LogP contribution in [0.2, 0.25) is 0 Å². The summed E-state index contributed by atoms with van der Waals surface area (Å²) in [5.74, 6) is 0.163. The predicted octanol–water partition coefficient (Wildman–Crippen LogP) is 1.57. The number of amides is 1. The van der Waals surface area contributed by atoms with Crippen molar-refractivity contribution in [2.75, 3.05) is 26.2 Å². The quantitative estimate of drug-likeness (QED) is 0.935. The summed E-state index contributed by atoms with van der Waals surface area (Å²) in [4.78, 5) is 23.1. The Kier molecular flexibility index (Phi) is 4.57. The van der Waals surface area contributed by atoms with Gasteiger partial charge in [0, 0.05) is 31.2 Å². The Morgan fingerprint density at radius 3 is 3.14 bits per heavy atom. The Labute approximate surface area is 128 Å². The zero-order valence-electron chi connectivity index (χ0n) is 11.8. The molecule has 3 rings (SSSR count). The van der Waals surface area contributed by atoms with Crippen LogP contribution in [0.25, 0.3) is 10.7 Å². The first-order valence-corrected chi connectivity index (χ1v) is 8.05. The number of hydrogen-bond donors (Lipinski definition) is 1. The van der Waals surface area contributed by atoms with Crippen LogP contribution in [0.5, 0.6) is 0 Å². The molecule has 2 aromatic heterocycles. The molecule has 1 aliphatic rings. The fraction of sp³-hybridized carbons (Fsp3) is 0.400. The van der Waals surface area contributed by atoms with E-state index in [1.807, 2.05) is 28.5 Å². The van der Waals surface area contributed by atoms with Crippen LogP contribution in [-0.4, -0.2) is 47.0 Å². The molecule has 0 saturated carbocycles. The maximum absolute atomic E-state index is 12.3. The van der Waals surface area contributed by atoms with Crippen molar-refractivity contribution in [1.29, 1.82) is 0 Å². The van der Waals surface area contributed by atoms with E-state index in [4.69, 9.17) is 0 Å². The SMILES string of the molecule is O=C(Cc1csc(-c2ccccn2)n1)N1CCCNCC1. The molecule has 1 saturated heterocycles. The Morgan fingerprint density at radius 1 is 1.33 bits per heavy atom. The number of nitrogens with one attached hydrogen (secondary N) is 1. The molecule has 0 aliphatic carbocycles. The number of aromatic nitrogens is 2. The summed E-state index contributed by atoms with van der Waals surface area (Å²) in [6, 6.07) is 5.76. The van der Waals surface area contributed by atoms with Gasteiger partial charge >= 0.3 is 0 Å². The fourth-order valence-electron chi connectivity index (χ4n) is 2.36. The van der Waals surface area contributed by atoms with Gasteiger partial charge in [-0.25, -0.2) is 4.98 Å². The van der Waals surface area contributed by atoms with E-state index in [1.165, 1.54) is 11.3 Å². The lowest BCUT2D eigenvalue weighted by Crippen LogP contribution is -2.35. The third-order valence-electron chi connectivity index (χ3n) is 3.46. The smallest absolute Gasteiger partial charge is 0.228 e. The van der Waals surface area contributed by atoms with E-state index in [2.05, 4.69) is 15.3 Å². The van der Waals surface area contributed by atoms with Crippen LogP contribution >= 0.6 is 11.3 Å². The molecule has 1 aliphatic heterocycles. The van der Waals surface area contributed by atoms with Crippen molar-refractivity contribution in [3.05, 3.63) is 35.5 Å². The second-order valence-electron chi connectivity index (χ2n) is 5.02. The Hall–Kier alpha value is -1.79. The van der Waals surface area contributed by atoms with Crippen molar-refractivity contribution in [3.8, 4) is 10.7 Å². The number of carbonyl (C=O) groups is 1.